The third kappa shape index (κ3) is 4.04. The lowest BCUT2D eigenvalue weighted by Gasteiger charge is -2.48. The van der Waals surface area contributed by atoms with Gasteiger partial charge in [-0.2, -0.15) is 0 Å². The monoisotopic (exact) mass is 469 g/mol. The number of ether oxygens (including phenoxy) is 2. The zero-order valence-electron chi connectivity index (χ0n) is 19.1. The maximum atomic E-state index is 14.8. The maximum Gasteiger partial charge on any atom is 0.586 e. The van der Waals surface area contributed by atoms with Crippen molar-refractivity contribution in [1.82, 2.24) is 0 Å². The van der Waals surface area contributed by atoms with Crippen molar-refractivity contribution in [3.63, 3.8) is 0 Å². The highest BCUT2D eigenvalue weighted by Gasteiger charge is 2.56. The molecule has 1 aliphatic heterocycles. The lowest BCUT2D eigenvalue weighted by molar-refractivity contribution is -0.162. The number of hydrogen-bond donors (Lipinski definition) is 1. The Bertz CT molecular complexity index is 1030. The van der Waals surface area contributed by atoms with E-state index in [9.17, 15) is 19.0 Å². The number of ketones is 1. The Morgan fingerprint density at radius 3 is 3.03 bits per heavy atom. The molecule has 3 aliphatic carbocycles. The summed E-state index contributed by atoms with van der Waals surface area (Å²) in [5.41, 5.74) is 0.313. The van der Waals surface area contributed by atoms with Crippen LogP contribution >= 0.6 is 0 Å². The first kappa shape index (κ1) is 23.1. The van der Waals surface area contributed by atoms with Gasteiger partial charge in [-0.15, -0.1) is 11.7 Å². The minimum absolute atomic E-state index is 0.00233. The molecule has 0 radical (unpaired) electrons. The number of esters is 1. The average molecular weight is 469 g/mol. The predicted molar refractivity (Wildman–Crippen MR) is 123 cm³/mol. The molecule has 1 aromatic carbocycles. The van der Waals surface area contributed by atoms with Gasteiger partial charge in [0.15, 0.2) is 18.2 Å². The van der Waals surface area contributed by atoms with Crippen molar-refractivity contribution in [1.29, 1.82) is 0 Å². The van der Waals surface area contributed by atoms with E-state index in [0.29, 0.717) is 24.2 Å². The molecule has 0 aromatic heterocycles. The van der Waals surface area contributed by atoms with Gasteiger partial charge in [0.05, 0.1) is 6.21 Å². The normalized spacial score (nSPS) is 32.1. The summed E-state index contributed by atoms with van der Waals surface area (Å²) in [5.74, 6) is -1.12. The molecule has 4 aliphatic rings. The lowest BCUT2D eigenvalue weighted by atomic mass is 9.57. The van der Waals surface area contributed by atoms with Gasteiger partial charge in [0, 0.05) is 29.3 Å². The van der Waals surface area contributed by atoms with E-state index in [1.54, 1.807) is 0 Å². The van der Waals surface area contributed by atoms with Crippen LogP contribution in [0.2, 0.25) is 0 Å². The number of benzene rings is 1. The summed E-state index contributed by atoms with van der Waals surface area (Å²) in [4.78, 5) is 25.7. The van der Waals surface area contributed by atoms with Crippen molar-refractivity contribution >= 4 is 30.5 Å². The van der Waals surface area contributed by atoms with Crippen LogP contribution in [0.1, 0.15) is 56.9 Å². The van der Waals surface area contributed by atoms with Crippen molar-refractivity contribution in [2.24, 2.45) is 28.3 Å². The summed E-state index contributed by atoms with van der Waals surface area (Å²) in [5, 5.41) is 13.4. The second-order valence-electron chi connectivity index (χ2n) is 10.0. The van der Waals surface area contributed by atoms with Gasteiger partial charge in [-0.1, -0.05) is 12.5 Å². The quantitative estimate of drug-likeness (QED) is 0.405. The SMILES string of the molecule is C=CC1CCC23CCCC(C(OC(=O)COc4ccc5c(c4F)B(O)ON=C5)C1)C2C(=O)CC3. The standard InChI is InChI=1S/C25H29BFNO6/c1-2-15-7-10-25-9-3-4-17(22(25)18(29)8-11-25)20(12-15)33-21(30)14-32-19-6-5-16-13-28-34-26(31)23(16)24(19)27/h2,5-6,13,15,17,20,22,31H,1,3-4,7-12,14H2. The first-order chi connectivity index (χ1) is 16.4. The Hall–Kier alpha value is -2.68. The van der Waals surface area contributed by atoms with Crippen molar-refractivity contribution in [3.05, 3.63) is 36.2 Å². The van der Waals surface area contributed by atoms with Crippen LogP contribution in [0, 0.1) is 29.0 Å². The third-order valence-corrected chi connectivity index (χ3v) is 8.28. The predicted octanol–water partition coefficient (Wildman–Crippen LogP) is 2.92. The molecular weight excluding hydrogens is 440 g/mol. The first-order valence-corrected chi connectivity index (χ1v) is 12.1. The van der Waals surface area contributed by atoms with Crippen LogP contribution in [0.4, 0.5) is 4.39 Å². The van der Waals surface area contributed by atoms with Gasteiger partial charge in [0.25, 0.3) is 0 Å². The highest BCUT2D eigenvalue weighted by atomic mass is 19.1. The average Bonchev–Trinajstić information content (AvgIpc) is 3.16. The number of allylic oxidation sites excluding steroid dienone is 1. The van der Waals surface area contributed by atoms with Gasteiger partial charge in [-0.25, -0.2) is 9.18 Å². The van der Waals surface area contributed by atoms with Crippen molar-refractivity contribution < 1.29 is 33.2 Å². The lowest BCUT2D eigenvalue weighted by Crippen LogP contribution is -2.47. The molecule has 1 aromatic rings. The molecule has 3 fully saturated rings. The first-order valence-electron chi connectivity index (χ1n) is 12.1. The van der Waals surface area contributed by atoms with Crippen molar-refractivity contribution in [2.75, 3.05) is 6.61 Å². The van der Waals surface area contributed by atoms with Crippen LogP contribution in [0.25, 0.3) is 0 Å². The molecule has 3 saturated carbocycles. The second-order valence-corrected chi connectivity index (χ2v) is 10.0. The summed E-state index contributed by atoms with van der Waals surface area (Å²) in [6.45, 7) is 3.50. The van der Waals surface area contributed by atoms with Crippen LogP contribution in [0.5, 0.6) is 5.75 Å². The number of oxime groups is 1. The summed E-state index contributed by atoms with van der Waals surface area (Å²) in [7, 11) is -1.54. The van der Waals surface area contributed by atoms with Crippen LogP contribution in [0.3, 0.4) is 0 Å². The number of rotatable bonds is 5. The molecule has 5 atom stereocenters. The molecule has 5 unspecified atom stereocenters. The topological polar surface area (TPSA) is 94.4 Å². The smallest absolute Gasteiger partial charge is 0.479 e. The summed E-state index contributed by atoms with van der Waals surface area (Å²) >= 11 is 0. The van der Waals surface area contributed by atoms with Gasteiger partial charge >= 0.3 is 13.1 Å². The van der Waals surface area contributed by atoms with Crippen LogP contribution in [-0.2, 0) is 19.1 Å². The van der Waals surface area contributed by atoms with E-state index < -0.39 is 31.6 Å². The van der Waals surface area contributed by atoms with E-state index in [0.717, 1.165) is 38.5 Å². The number of hydrogen-bond acceptors (Lipinski definition) is 7. The van der Waals surface area contributed by atoms with Crippen molar-refractivity contribution in [3.8, 4) is 5.75 Å². The zero-order valence-corrected chi connectivity index (χ0v) is 19.1. The molecule has 2 bridgehead atoms. The fraction of sp³-hybridized carbons (Fsp3) is 0.560. The van der Waals surface area contributed by atoms with Crippen LogP contribution in [0.15, 0.2) is 29.9 Å². The van der Waals surface area contributed by atoms with Gasteiger partial charge < -0.3 is 19.3 Å². The fourth-order valence-corrected chi connectivity index (χ4v) is 6.67. The molecular formula is C25H29BFNO6. The largest absolute Gasteiger partial charge is 0.586 e. The van der Waals surface area contributed by atoms with E-state index in [2.05, 4.69) is 11.7 Å². The van der Waals surface area contributed by atoms with E-state index in [4.69, 9.17) is 14.2 Å². The van der Waals surface area contributed by atoms with Crippen LogP contribution < -0.4 is 10.2 Å². The zero-order chi connectivity index (χ0) is 23.9. The molecule has 1 heterocycles. The maximum absolute atomic E-state index is 14.8. The minimum atomic E-state index is -1.54. The van der Waals surface area contributed by atoms with Gasteiger partial charge in [0.1, 0.15) is 11.9 Å². The Morgan fingerprint density at radius 1 is 1.35 bits per heavy atom. The highest BCUT2D eigenvalue weighted by Crippen LogP contribution is 2.58. The highest BCUT2D eigenvalue weighted by molar-refractivity contribution is 6.62. The van der Waals surface area contributed by atoms with E-state index >= 15 is 0 Å². The number of halogens is 1. The van der Waals surface area contributed by atoms with Gasteiger partial charge in [-0.3, -0.25) is 4.79 Å². The van der Waals surface area contributed by atoms with Gasteiger partial charge in [0.2, 0.25) is 0 Å². The molecule has 0 saturated heterocycles. The second kappa shape index (κ2) is 9.17. The number of carbonyl (C=O) groups is 2. The van der Waals surface area contributed by atoms with Gasteiger partial charge in [-0.05, 0) is 62.0 Å². The van der Waals surface area contributed by atoms with E-state index in [1.807, 2.05) is 6.08 Å². The Labute approximate surface area is 198 Å². The number of nitrogens with zero attached hydrogens (tertiary/aromatic N) is 1. The molecule has 0 spiro atoms. The summed E-state index contributed by atoms with van der Waals surface area (Å²) in [6.07, 6.45) is 9.93. The fourth-order valence-electron chi connectivity index (χ4n) is 6.67. The number of carbonyl (C=O) groups excluding carboxylic acids is 2. The van der Waals surface area contributed by atoms with Crippen LogP contribution in [-0.4, -0.2) is 42.8 Å². The minimum Gasteiger partial charge on any atom is -0.479 e. The van der Waals surface area contributed by atoms with E-state index in [1.165, 1.54) is 18.3 Å². The molecule has 7 nitrogen and oxygen atoms in total. The number of fused-ring (bicyclic) bond motifs is 1. The summed E-state index contributed by atoms with van der Waals surface area (Å²) in [6, 6.07) is 2.91. The number of Topliss-reactive ketones (excluding diaryl/α,β-unsaturated/α-hetero) is 1. The van der Waals surface area contributed by atoms with E-state index in [-0.39, 0.29) is 34.4 Å². The summed E-state index contributed by atoms with van der Waals surface area (Å²) < 4.78 is 30.9. The molecule has 1 N–H and O–H groups in total. The Kier molecular flexibility index (Phi) is 6.23. The third-order valence-electron chi connectivity index (χ3n) is 8.28. The Morgan fingerprint density at radius 2 is 2.21 bits per heavy atom. The Balaban J connectivity index is 1.30. The molecule has 5 rings (SSSR count). The molecule has 34 heavy (non-hydrogen) atoms. The molecule has 9 heteroatoms. The van der Waals surface area contributed by atoms with Crippen molar-refractivity contribution in [2.45, 2.75) is 57.5 Å². The molecule has 180 valence electrons. The molecule has 0 amide bonds.